The van der Waals surface area contributed by atoms with E-state index < -0.39 is 0 Å². The van der Waals surface area contributed by atoms with Crippen molar-refractivity contribution in [1.29, 1.82) is 0 Å². The van der Waals surface area contributed by atoms with Gasteiger partial charge in [-0.25, -0.2) is 4.98 Å². The van der Waals surface area contributed by atoms with E-state index in [4.69, 9.17) is 0 Å². The third-order valence-corrected chi connectivity index (χ3v) is 3.94. The number of carbonyl (C=O) groups is 1. The second kappa shape index (κ2) is 5.88. The Morgan fingerprint density at radius 2 is 2.29 bits per heavy atom. The molecule has 3 rings (SSSR count). The second-order valence-corrected chi connectivity index (χ2v) is 5.69. The van der Waals surface area contributed by atoms with E-state index in [2.05, 4.69) is 15.4 Å². The van der Waals surface area contributed by atoms with Crippen LogP contribution in [-0.2, 0) is 18.4 Å². The highest BCUT2D eigenvalue weighted by molar-refractivity contribution is 7.18. The zero-order valence-corrected chi connectivity index (χ0v) is 12.3. The molecule has 5 nitrogen and oxygen atoms in total. The Kier molecular flexibility index (Phi) is 3.79. The number of carbonyl (C=O) groups excluding carboxylic acids is 1. The minimum absolute atomic E-state index is 0.141. The molecule has 0 aliphatic rings. The molecule has 6 heteroatoms. The highest BCUT2D eigenvalue weighted by Gasteiger charge is 2.04. The fourth-order valence-electron chi connectivity index (χ4n) is 1.92. The lowest BCUT2D eigenvalue weighted by Crippen LogP contribution is -2.19. The Morgan fingerprint density at radius 3 is 3.05 bits per heavy atom. The molecule has 0 radical (unpaired) electrons. The number of rotatable bonds is 4. The van der Waals surface area contributed by atoms with Crippen LogP contribution in [0.5, 0.6) is 0 Å². The SMILES string of the molecule is Cn1cc(/C=C/C(=O)NCc2nc3ccccc3s2)cn1. The van der Waals surface area contributed by atoms with Crippen LogP contribution >= 0.6 is 11.3 Å². The maximum atomic E-state index is 11.8. The van der Waals surface area contributed by atoms with Crippen molar-refractivity contribution >= 4 is 33.5 Å². The third kappa shape index (κ3) is 3.35. The highest BCUT2D eigenvalue weighted by Crippen LogP contribution is 2.21. The Balaban J connectivity index is 1.59. The number of hydrogen-bond acceptors (Lipinski definition) is 4. The Morgan fingerprint density at radius 1 is 1.43 bits per heavy atom. The van der Waals surface area contributed by atoms with Crippen molar-refractivity contribution in [2.24, 2.45) is 7.05 Å². The zero-order valence-electron chi connectivity index (χ0n) is 11.5. The average molecular weight is 298 g/mol. The average Bonchev–Trinajstić information content (AvgIpc) is 3.08. The van der Waals surface area contributed by atoms with Crippen LogP contribution < -0.4 is 5.32 Å². The Labute approximate surface area is 125 Å². The minimum atomic E-state index is -0.141. The van der Waals surface area contributed by atoms with E-state index in [1.54, 1.807) is 28.3 Å². The number of aryl methyl sites for hydroxylation is 1. The summed E-state index contributed by atoms with van der Waals surface area (Å²) in [4.78, 5) is 16.2. The molecule has 0 unspecified atom stereocenters. The highest BCUT2D eigenvalue weighted by atomic mass is 32.1. The molecule has 0 aliphatic heterocycles. The lowest BCUT2D eigenvalue weighted by atomic mass is 10.3. The largest absolute Gasteiger partial charge is 0.346 e. The number of thiazole rings is 1. The summed E-state index contributed by atoms with van der Waals surface area (Å²) in [5, 5.41) is 7.77. The molecule has 2 heterocycles. The number of hydrogen-bond donors (Lipinski definition) is 1. The summed E-state index contributed by atoms with van der Waals surface area (Å²) in [7, 11) is 1.84. The molecule has 0 aliphatic carbocycles. The standard InChI is InChI=1S/C15H14N4OS/c1-19-10-11(8-17-19)6-7-14(20)16-9-15-18-12-4-2-3-5-13(12)21-15/h2-8,10H,9H2,1H3,(H,16,20)/b7-6+. The summed E-state index contributed by atoms with van der Waals surface area (Å²) >= 11 is 1.59. The number of nitrogens with zero attached hydrogens (tertiary/aromatic N) is 3. The summed E-state index contributed by atoms with van der Waals surface area (Å²) in [5.41, 5.74) is 1.87. The van der Waals surface area contributed by atoms with E-state index in [1.165, 1.54) is 6.08 Å². The van der Waals surface area contributed by atoms with Crippen molar-refractivity contribution in [2.75, 3.05) is 0 Å². The van der Waals surface area contributed by atoms with E-state index in [-0.39, 0.29) is 5.91 Å². The molecule has 2 aromatic heterocycles. The summed E-state index contributed by atoms with van der Waals surface area (Å²) in [6.45, 7) is 0.440. The Hall–Kier alpha value is -2.47. The maximum absolute atomic E-state index is 11.8. The number of nitrogens with one attached hydrogen (secondary N) is 1. The van der Waals surface area contributed by atoms with Gasteiger partial charge in [0.15, 0.2) is 0 Å². The first-order chi connectivity index (χ1) is 10.2. The molecular formula is C15H14N4OS. The first-order valence-electron chi connectivity index (χ1n) is 6.50. The Bertz CT molecular complexity index is 770. The van der Waals surface area contributed by atoms with Gasteiger partial charge in [0.2, 0.25) is 5.91 Å². The molecule has 21 heavy (non-hydrogen) atoms. The first-order valence-corrected chi connectivity index (χ1v) is 7.31. The van der Waals surface area contributed by atoms with Crippen LogP contribution in [-0.4, -0.2) is 20.7 Å². The maximum Gasteiger partial charge on any atom is 0.244 e. The molecule has 0 bridgehead atoms. The van der Waals surface area contributed by atoms with Gasteiger partial charge < -0.3 is 5.32 Å². The van der Waals surface area contributed by atoms with Crippen molar-refractivity contribution in [2.45, 2.75) is 6.54 Å². The number of benzene rings is 1. The molecule has 1 aromatic carbocycles. The van der Waals surface area contributed by atoms with Gasteiger partial charge >= 0.3 is 0 Å². The number of fused-ring (bicyclic) bond motifs is 1. The quantitative estimate of drug-likeness (QED) is 0.752. The molecular weight excluding hydrogens is 284 g/mol. The summed E-state index contributed by atoms with van der Waals surface area (Å²) < 4.78 is 2.83. The van der Waals surface area contributed by atoms with Crippen LogP contribution in [0.25, 0.3) is 16.3 Å². The van der Waals surface area contributed by atoms with Crippen LogP contribution in [0.4, 0.5) is 0 Å². The van der Waals surface area contributed by atoms with Gasteiger partial charge in [-0.15, -0.1) is 11.3 Å². The van der Waals surface area contributed by atoms with Crippen molar-refractivity contribution in [3.63, 3.8) is 0 Å². The normalized spacial score (nSPS) is 11.3. The third-order valence-electron chi connectivity index (χ3n) is 2.90. The molecule has 0 fully saturated rings. The van der Waals surface area contributed by atoms with E-state index in [0.29, 0.717) is 6.54 Å². The lowest BCUT2D eigenvalue weighted by molar-refractivity contribution is -0.116. The molecule has 1 N–H and O–H groups in total. The van der Waals surface area contributed by atoms with Gasteiger partial charge in [-0.05, 0) is 18.2 Å². The first kappa shape index (κ1) is 13.5. The number of amides is 1. The van der Waals surface area contributed by atoms with Crippen LogP contribution in [0, 0.1) is 0 Å². The molecule has 0 saturated heterocycles. The van der Waals surface area contributed by atoms with Gasteiger partial charge in [0.25, 0.3) is 0 Å². The van der Waals surface area contributed by atoms with Crippen molar-refractivity contribution in [3.8, 4) is 0 Å². The van der Waals surface area contributed by atoms with E-state index in [1.807, 2.05) is 37.5 Å². The summed E-state index contributed by atoms with van der Waals surface area (Å²) in [6.07, 6.45) is 6.79. The number of aromatic nitrogens is 3. The smallest absolute Gasteiger partial charge is 0.244 e. The van der Waals surface area contributed by atoms with Crippen LogP contribution in [0.3, 0.4) is 0 Å². The predicted octanol–water partition coefficient (Wildman–Crippen LogP) is 2.36. The van der Waals surface area contributed by atoms with Gasteiger partial charge in [0.05, 0.1) is 23.0 Å². The van der Waals surface area contributed by atoms with Crippen LogP contribution in [0.15, 0.2) is 42.7 Å². The van der Waals surface area contributed by atoms with Gasteiger partial charge in [0, 0.05) is 24.9 Å². The molecule has 0 saturated carbocycles. The minimum Gasteiger partial charge on any atom is -0.346 e. The fourth-order valence-corrected chi connectivity index (χ4v) is 2.82. The van der Waals surface area contributed by atoms with Gasteiger partial charge in [0.1, 0.15) is 5.01 Å². The van der Waals surface area contributed by atoms with Crippen molar-refractivity contribution < 1.29 is 4.79 Å². The van der Waals surface area contributed by atoms with E-state index in [9.17, 15) is 4.79 Å². The monoisotopic (exact) mass is 298 g/mol. The van der Waals surface area contributed by atoms with Gasteiger partial charge in [-0.1, -0.05) is 12.1 Å². The van der Waals surface area contributed by atoms with Gasteiger partial charge in [-0.2, -0.15) is 5.10 Å². The topological polar surface area (TPSA) is 59.8 Å². The molecule has 3 aromatic rings. The van der Waals surface area contributed by atoms with E-state index in [0.717, 1.165) is 20.8 Å². The lowest BCUT2D eigenvalue weighted by Gasteiger charge is -1.97. The molecule has 0 spiro atoms. The molecule has 1 amide bonds. The number of para-hydroxylation sites is 1. The van der Waals surface area contributed by atoms with Crippen LogP contribution in [0.2, 0.25) is 0 Å². The fraction of sp³-hybridized carbons (Fsp3) is 0.133. The molecule has 106 valence electrons. The predicted molar refractivity (Wildman–Crippen MR) is 83.7 cm³/mol. The van der Waals surface area contributed by atoms with E-state index >= 15 is 0 Å². The van der Waals surface area contributed by atoms with Crippen LogP contribution in [0.1, 0.15) is 10.6 Å². The molecule has 0 atom stereocenters. The summed E-state index contributed by atoms with van der Waals surface area (Å²) in [6, 6.07) is 7.95. The van der Waals surface area contributed by atoms with Crippen molar-refractivity contribution in [3.05, 3.63) is 53.3 Å². The zero-order chi connectivity index (χ0) is 14.7. The second-order valence-electron chi connectivity index (χ2n) is 4.57. The summed E-state index contributed by atoms with van der Waals surface area (Å²) in [5.74, 6) is -0.141. The van der Waals surface area contributed by atoms with Gasteiger partial charge in [-0.3, -0.25) is 9.48 Å². The van der Waals surface area contributed by atoms with Crippen molar-refractivity contribution in [1.82, 2.24) is 20.1 Å².